The summed E-state index contributed by atoms with van der Waals surface area (Å²) in [5.74, 6) is 5.03. The molecule has 14 nitrogen and oxygen atoms in total. The Hall–Kier alpha value is -0.820. The highest BCUT2D eigenvalue weighted by Gasteiger charge is 2.59. The highest BCUT2D eigenvalue weighted by molar-refractivity contribution is 5.25. The normalized spacial score (nSPS) is 44.2. The summed E-state index contributed by atoms with van der Waals surface area (Å²) in [4.78, 5) is 0. The Morgan fingerprint density at radius 2 is 1.36 bits per heavy atom. The van der Waals surface area contributed by atoms with Gasteiger partial charge < -0.3 is 68.9 Å². The molecule has 0 aromatic heterocycles. The smallest absolute Gasteiger partial charge is 0.187 e. The molecule has 5 fully saturated rings. The highest BCUT2D eigenvalue weighted by Crippen LogP contribution is 2.67. The maximum absolute atomic E-state index is 10.8. The molecule has 1 unspecified atom stereocenters. The fourth-order valence-electron chi connectivity index (χ4n) is 12.3. The van der Waals surface area contributed by atoms with Crippen LogP contribution >= 0.6 is 0 Å². The van der Waals surface area contributed by atoms with Crippen LogP contribution in [0.1, 0.15) is 105 Å². The van der Waals surface area contributed by atoms with Gasteiger partial charge in [-0.1, -0.05) is 65.5 Å². The van der Waals surface area contributed by atoms with Crippen LogP contribution in [0.2, 0.25) is 0 Å². The van der Waals surface area contributed by atoms with Crippen LogP contribution < -0.4 is 0 Å². The molecule has 2 saturated heterocycles. The van der Waals surface area contributed by atoms with Gasteiger partial charge in [0.1, 0.15) is 48.8 Å². The maximum atomic E-state index is 10.8. The number of allylic oxidation sites excluding steroid dienone is 1. The second kappa shape index (κ2) is 21.2. The molecule has 2 aliphatic heterocycles. The Morgan fingerprint density at radius 1 is 0.695 bits per heavy atom. The first-order valence-electron chi connectivity index (χ1n) is 22.9. The summed E-state index contributed by atoms with van der Waals surface area (Å²) in [5, 5.41) is 71.2. The number of rotatable bonds is 20. The van der Waals surface area contributed by atoms with Crippen molar-refractivity contribution in [2.45, 2.75) is 173 Å². The highest BCUT2D eigenvalue weighted by atomic mass is 16.7. The minimum absolute atomic E-state index is 0.0181. The molecule has 18 atom stereocenters. The monoisotopic (exact) mass is 843 g/mol. The molecule has 0 amide bonds. The van der Waals surface area contributed by atoms with Crippen molar-refractivity contribution in [3.63, 3.8) is 0 Å². The third kappa shape index (κ3) is 10.6. The van der Waals surface area contributed by atoms with Gasteiger partial charge in [-0.15, -0.1) is 0 Å². The number of ether oxygens (including phenoxy) is 7. The lowest BCUT2D eigenvalue weighted by Gasteiger charge is -2.58. The van der Waals surface area contributed by atoms with Crippen molar-refractivity contribution in [2.24, 2.45) is 46.3 Å². The van der Waals surface area contributed by atoms with Crippen LogP contribution in [0, 0.1) is 46.3 Å². The van der Waals surface area contributed by atoms with Crippen LogP contribution in [0.15, 0.2) is 11.6 Å². The molecule has 0 aromatic rings. The molecule has 59 heavy (non-hydrogen) atoms. The zero-order chi connectivity index (χ0) is 42.5. The Morgan fingerprint density at radius 3 is 2.05 bits per heavy atom. The third-order valence-electron chi connectivity index (χ3n) is 15.7. The zero-order valence-electron chi connectivity index (χ0n) is 36.3. The second-order valence-electron chi connectivity index (χ2n) is 19.6. The van der Waals surface area contributed by atoms with Crippen LogP contribution in [0.5, 0.6) is 0 Å². The van der Waals surface area contributed by atoms with E-state index in [0.717, 1.165) is 48.3 Å². The minimum atomic E-state index is -1.73. The number of hydrogen-bond donors (Lipinski definition) is 7. The maximum Gasteiger partial charge on any atom is 0.187 e. The molecule has 342 valence electrons. The fourth-order valence-corrected chi connectivity index (χ4v) is 12.3. The first-order chi connectivity index (χ1) is 28.2. The first-order valence-corrected chi connectivity index (χ1v) is 22.9. The lowest BCUT2D eigenvalue weighted by atomic mass is 9.47. The summed E-state index contributed by atoms with van der Waals surface area (Å²) in [7, 11) is 0. The Bertz CT molecular complexity index is 1320. The van der Waals surface area contributed by atoms with Crippen molar-refractivity contribution >= 4 is 0 Å². The molecule has 7 N–H and O–H groups in total. The average Bonchev–Trinajstić information content (AvgIpc) is 3.58. The van der Waals surface area contributed by atoms with Crippen LogP contribution in [-0.4, -0.2) is 156 Å². The Labute approximate surface area is 351 Å². The molecular formula is C45H78O14. The molecule has 6 aliphatic rings. The molecule has 4 aliphatic carbocycles. The predicted octanol–water partition coefficient (Wildman–Crippen LogP) is 3.09. The van der Waals surface area contributed by atoms with E-state index >= 15 is 0 Å². The van der Waals surface area contributed by atoms with Gasteiger partial charge in [0.15, 0.2) is 12.6 Å². The van der Waals surface area contributed by atoms with E-state index < -0.39 is 74.6 Å². The molecular weight excluding hydrogens is 764 g/mol. The van der Waals surface area contributed by atoms with Crippen LogP contribution in [0.3, 0.4) is 0 Å². The van der Waals surface area contributed by atoms with Gasteiger partial charge in [-0.05, 0) is 97.7 Å². The van der Waals surface area contributed by atoms with Crippen LogP contribution in [0.4, 0.5) is 0 Å². The molecule has 14 heteroatoms. The summed E-state index contributed by atoms with van der Waals surface area (Å²) in [6.07, 6.45) is 2.22. The van der Waals surface area contributed by atoms with Gasteiger partial charge in [-0.2, -0.15) is 0 Å². The van der Waals surface area contributed by atoms with Crippen molar-refractivity contribution in [1.82, 2.24) is 0 Å². The summed E-state index contributed by atoms with van der Waals surface area (Å²) < 4.78 is 39.9. The number of fused-ring (bicyclic) bond motifs is 5. The fraction of sp³-hybridized carbons (Fsp3) is 0.956. The minimum Gasteiger partial charge on any atom is -0.394 e. The van der Waals surface area contributed by atoms with Crippen molar-refractivity contribution in [3.05, 3.63) is 11.6 Å². The number of aliphatic hydroxyl groups is 7. The zero-order valence-corrected chi connectivity index (χ0v) is 36.3. The van der Waals surface area contributed by atoms with Crippen molar-refractivity contribution in [1.29, 1.82) is 0 Å². The molecule has 0 radical (unpaired) electrons. The van der Waals surface area contributed by atoms with Gasteiger partial charge in [0.05, 0.1) is 59.0 Å². The van der Waals surface area contributed by atoms with E-state index in [1.54, 1.807) is 5.57 Å². The largest absolute Gasteiger partial charge is 0.394 e. The third-order valence-corrected chi connectivity index (χ3v) is 15.7. The quantitative estimate of drug-likeness (QED) is 0.0696. The molecule has 0 bridgehead atoms. The lowest BCUT2D eigenvalue weighted by Crippen LogP contribution is -2.64. The summed E-state index contributed by atoms with van der Waals surface area (Å²) in [5.41, 5.74) is 2.45. The van der Waals surface area contributed by atoms with Gasteiger partial charge in [0.2, 0.25) is 0 Å². The van der Waals surface area contributed by atoms with E-state index in [1.807, 2.05) is 0 Å². The van der Waals surface area contributed by atoms with E-state index in [2.05, 4.69) is 40.7 Å². The molecule has 6 rings (SSSR count). The van der Waals surface area contributed by atoms with Gasteiger partial charge in [-0.25, -0.2) is 0 Å². The molecule has 0 aromatic carbocycles. The van der Waals surface area contributed by atoms with Crippen molar-refractivity contribution in [2.75, 3.05) is 52.9 Å². The summed E-state index contributed by atoms with van der Waals surface area (Å²) >= 11 is 0. The van der Waals surface area contributed by atoms with Crippen LogP contribution in [-0.2, 0) is 33.2 Å². The lowest BCUT2D eigenvalue weighted by molar-refractivity contribution is -0.359. The number of aliphatic hydroxyl groups excluding tert-OH is 7. The molecule has 2 heterocycles. The predicted molar refractivity (Wildman–Crippen MR) is 217 cm³/mol. The van der Waals surface area contributed by atoms with E-state index in [-0.39, 0.29) is 19.3 Å². The van der Waals surface area contributed by atoms with Crippen molar-refractivity contribution < 1.29 is 68.9 Å². The topological polar surface area (TPSA) is 206 Å². The van der Waals surface area contributed by atoms with E-state index in [0.29, 0.717) is 37.3 Å². The summed E-state index contributed by atoms with van der Waals surface area (Å²) in [6, 6.07) is 0. The SMILES string of the molecule is CC(C)CCC[C@@H](C)[C@H]1CC[C@H]2[C@@H]3CC=C4CC(OCCOCCOCCO[C@@H]5O[C@H](CO)[C@@H](O[C@H]6O[C@H](CO)[C@@H](O)[C@H](O)[C@H]6O)[C@H](O)[C@H]5O)CC[C@]4(C)[C@H]3CC[C@]12C. The van der Waals surface area contributed by atoms with Crippen molar-refractivity contribution in [3.8, 4) is 0 Å². The molecule has 0 spiro atoms. The van der Waals surface area contributed by atoms with Gasteiger partial charge >= 0.3 is 0 Å². The van der Waals surface area contributed by atoms with E-state index in [9.17, 15) is 35.7 Å². The average molecular weight is 843 g/mol. The second-order valence-corrected chi connectivity index (χ2v) is 19.6. The first kappa shape index (κ1) is 47.7. The Kier molecular flexibility index (Phi) is 17.2. The Balaban J connectivity index is 0.843. The van der Waals surface area contributed by atoms with Gasteiger partial charge in [0, 0.05) is 0 Å². The van der Waals surface area contributed by atoms with E-state index in [4.69, 9.17) is 33.2 Å². The van der Waals surface area contributed by atoms with E-state index in [1.165, 1.54) is 57.8 Å². The van der Waals surface area contributed by atoms with Gasteiger partial charge in [0.25, 0.3) is 0 Å². The standard InChI is InChI=1S/C45H78O14/c1-26(2)7-6-8-27(3)31-11-12-32-30-10-9-28-23-29(13-15-44(28,4)33(30)14-16-45(31,32)5)55-21-19-53-17-18-54-20-22-56-42-40(52)38(50)41(35(25-47)58-42)59-43-39(51)37(49)36(48)34(24-46)57-43/h9,26-27,29-43,46-52H,6-8,10-25H2,1-5H3/t27-,29?,30+,31-,32+,33+,34-,35-,36-,37+,38-,39-,40-,41-,42-,43-,44+,45-/m1/s1. The molecule has 3 saturated carbocycles. The van der Waals surface area contributed by atoms with Gasteiger partial charge in [-0.3, -0.25) is 0 Å². The summed E-state index contributed by atoms with van der Waals surface area (Å²) in [6.45, 7) is 13.1. The van der Waals surface area contributed by atoms with Crippen LogP contribution in [0.25, 0.3) is 0 Å². The number of hydrogen-bond acceptors (Lipinski definition) is 14.